The highest BCUT2D eigenvalue weighted by Gasteiger charge is 2.06. The van der Waals surface area contributed by atoms with Crippen LogP contribution in [0.25, 0.3) is 0 Å². The molecule has 104 valence electrons. The van der Waals surface area contributed by atoms with Crippen molar-refractivity contribution in [3.05, 3.63) is 59.0 Å². The highest BCUT2D eigenvalue weighted by Crippen LogP contribution is 2.11. The van der Waals surface area contributed by atoms with E-state index in [1.165, 1.54) is 24.3 Å². The molecule has 0 saturated heterocycles. The van der Waals surface area contributed by atoms with Crippen molar-refractivity contribution in [2.24, 2.45) is 0 Å². The lowest BCUT2D eigenvalue weighted by atomic mass is 10.1. The molecule has 0 amide bonds. The van der Waals surface area contributed by atoms with Crippen LogP contribution in [0.1, 0.15) is 21.6 Å². The highest BCUT2D eigenvalue weighted by molar-refractivity contribution is 5.88. The van der Waals surface area contributed by atoms with Gasteiger partial charge in [0, 0.05) is 12.2 Å². The molecule has 0 aliphatic rings. The second kappa shape index (κ2) is 6.14. The van der Waals surface area contributed by atoms with Gasteiger partial charge < -0.3 is 10.4 Å². The number of anilines is 1. The number of hydrogen-bond acceptors (Lipinski definition) is 3. The van der Waals surface area contributed by atoms with E-state index in [4.69, 9.17) is 5.11 Å². The molecule has 5 heteroatoms. The Morgan fingerprint density at radius 2 is 2.00 bits per heavy atom. The molecule has 0 aliphatic carbocycles. The third-order valence-corrected chi connectivity index (χ3v) is 2.83. The fourth-order valence-electron chi connectivity index (χ4n) is 1.87. The maximum atomic E-state index is 12.8. The van der Waals surface area contributed by atoms with Gasteiger partial charge >= 0.3 is 5.97 Å². The number of pyridine rings is 1. The van der Waals surface area contributed by atoms with Gasteiger partial charge in [0.05, 0.1) is 5.56 Å². The number of aromatic nitrogens is 1. The number of nitrogens with one attached hydrogen (secondary N) is 1. The average Bonchev–Trinajstić information content (AvgIpc) is 2.40. The second-order valence-electron chi connectivity index (χ2n) is 4.49. The summed E-state index contributed by atoms with van der Waals surface area (Å²) in [4.78, 5) is 15.2. The first-order chi connectivity index (χ1) is 9.54. The monoisotopic (exact) mass is 274 g/mol. The molecule has 0 radical (unpaired) electrons. The number of benzene rings is 1. The number of hydrogen-bond donors (Lipinski definition) is 2. The summed E-state index contributed by atoms with van der Waals surface area (Å²) in [5.41, 5.74) is 1.86. The van der Waals surface area contributed by atoms with Crippen molar-refractivity contribution in [3.8, 4) is 0 Å². The molecule has 1 aromatic carbocycles. The molecule has 2 aromatic rings. The van der Waals surface area contributed by atoms with Crippen molar-refractivity contribution in [3.63, 3.8) is 0 Å². The molecule has 0 spiro atoms. The summed E-state index contributed by atoms with van der Waals surface area (Å²) in [6.45, 7) is 2.35. The highest BCUT2D eigenvalue weighted by atomic mass is 19.1. The van der Waals surface area contributed by atoms with Gasteiger partial charge in [0.2, 0.25) is 0 Å². The molecule has 0 aliphatic heterocycles. The van der Waals surface area contributed by atoms with Crippen molar-refractivity contribution >= 4 is 11.8 Å². The quantitative estimate of drug-likeness (QED) is 0.880. The number of carbonyl (C=O) groups is 1. The molecule has 2 N–H and O–H groups in total. The van der Waals surface area contributed by atoms with Crippen molar-refractivity contribution in [1.82, 2.24) is 4.98 Å². The molecule has 1 aromatic heterocycles. The summed E-state index contributed by atoms with van der Waals surface area (Å²) >= 11 is 0. The lowest BCUT2D eigenvalue weighted by Crippen LogP contribution is -2.08. The minimum Gasteiger partial charge on any atom is -0.478 e. The van der Waals surface area contributed by atoms with Gasteiger partial charge in [-0.2, -0.15) is 0 Å². The summed E-state index contributed by atoms with van der Waals surface area (Å²) < 4.78 is 12.8. The predicted molar refractivity (Wildman–Crippen MR) is 74.5 cm³/mol. The minimum atomic E-state index is -0.975. The van der Waals surface area contributed by atoms with E-state index < -0.39 is 5.97 Å². The Morgan fingerprint density at radius 3 is 2.65 bits per heavy atom. The molecule has 0 unspecified atom stereocenters. The summed E-state index contributed by atoms with van der Waals surface area (Å²) in [5.74, 6) is -0.699. The molecular formula is C15H15FN2O2. The number of halogens is 1. The predicted octanol–water partition coefficient (Wildman–Crippen LogP) is 2.88. The zero-order valence-corrected chi connectivity index (χ0v) is 11.1. The third kappa shape index (κ3) is 3.78. The standard InChI is InChI=1S/C15H15FN2O2/c1-10-8-12(15(19)20)9-14(18-10)17-7-6-11-2-4-13(16)5-3-11/h2-5,8-9H,6-7H2,1H3,(H,17,18)(H,19,20). The van der Waals surface area contributed by atoms with Crippen LogP contribution in [-0.2, 0) is 6.42 Å². The van der Waals surface area contributed by atoms with Crippen LogP contribution in [0.4, 0.5) is 10.2 Å². The molecule has 1 heterocycles. The molecule has 0 fully saturated rings. The largest absolute Gasteiger partial charge is 0.478 e. The molecule has 20 heavy (non-hydrogen) atoms. The van der Waals surface area contributed by atoms with Gasteiger partial charge in [-0.3, -0.25) is 0 Å². The fraction of sp³-hybridized carbons (Fsp3) is 0.200. The minimum absolute atomic E-state index is 0.210. The van der Waals surface area contributed by atoms with E-state index >= 15 is 0 Å². The van der Waals surface area contributed by atoms with E-state index in [1.54, 1.807) is 19.1 Å². The molecule has 0 atom stereocenters. The van der Waals surface area contributed by atoms with Gasteiger partial charge in [-0.15, -0.1) is 0 Å². The number of rotatable bonds is 5. The van der Waals surface area contributed by atoms with Crippen LogP contribution in [0.15, 0.2) is 36.4 Å². The van der Waals surface area contributed by atoms with Crippen molar-refractivity contribution in [2.45, 2.75) is 13.3 Å². The SMILES string of the molecule is Cc1cc(C(=O)O)cc(NCCc2ccc(F)cc2)n1. The van der Waals surface area contributed by atoms with Gasteiger partial charge in [-0.05, 0) is 43.2 Å². The molecule has 2 rings (SSSR count). The maximum absolute atomic E-state index is 12.8. The number of carboxylic acids is 1. The number of nitrogens with zero attached hydrogens (tertiary/aromatic N) is 1. The smallest absolute Gasteiger partial charge is 0.335 e. The van der Waals surface area contributed by atoms with E-state index in [1.807, 2.05) is 0 Å². The van der Waals surface area contributed by atoms with Crippen LogP contribution in [-0.4, -0.2) is 22.6 Å². The Morgan fingerprint density at radius 1 is 1.30 bits per heavy atom. The number of aromatic carboxylic acids is 1. The van der Waals surface area contributed by atoms with E-state index in [0.717, 1.165) is 5.56 Å². The van der Waals surface area contributed by atoms with E-state index in [0.29, 0.717) is 24.5 Å². The van der Waals surface area contributed by atoms with E-state index in [9.17, 15) is 9.18 Å². The Balaban J connectivity index is 1.97. The van der Waals surface area contributed by atoms with Gasteiger partial charge in [-0.1, -0.05) is 12.1 Å². The van der Waals surface area contributed by atoms with Crippen LogP contribution in [0.3, 0.4) is 0 Å². The average molecular weight is 274 g/mol. The van der Waals surface area contributed by atoms with Crippen LogP contribution < -0.4 is 5.32 Å². The Labute approximate surface area is 116 Å². The lowest BCUT2D eigenvalue weighted by molar-refractivity contribution is 0.0696. The topological polar surface area (TPSA) is 62.2 Å². The second-order valence-corrected chi connectivity index (χ2v) is 4.49. The molecular weight excluding hydrogens is 259 g/mol. The van der Waals surface area contributed by atoms with Crippen molar-refractivity contribution < 1.29 is 14.3 Å². The molecule has 4 nitrogen and oxygen atoms in total. The number of aryl methyl sites for hydroxylation is 1. The normalized spacial score (nSPS) is 10.3. The first-order valence-corrected chi connectivity index (χ1v) is 6.25. The summed E-state index contributed by atoms with van der Waals surface area (Å²) in [5, 5.41) is 12.0. The van der Waals surface area contributed by atoms with E-state index in [-0.39, 0.29) is 11.4 Å². The number of carboxylic acid groups (broad SMARTS) is 1. The zero-order chi connectivity index (χ0) is 14.5. The fourth-order valence-corrected chi connectivity index (χ4v) is 1.87. The first kappa shape index (κ1) is 14.0. The molecule has 0 bridgehead atoms. The summed E-state index contributed by atoms with van der Waals surface area (Å²) in [7, 11) is 0. The van der Waals surface area contributed by atoms with Crippen LogP contribution in [0.5, 0.6) is 0 Å². The van der Waals surface area contributed by atoms with Crippen molar-refractivity contribution in [1.29, 1.82) is 0 Å². The summed E-state index contributed by atoms with van der Waals surface area (Å²) in [6.07, 6.45) is 0.707. The Hall–Kier alpha value is -2.43. The molecule has 0 saturated carbocycles. The van der Waals surface area contributed by atoms with Gasteiger partial charge in [-0.25, -0.2) is 14.2 Å². The van der Waals surface area contributed by atoms with Crippen LogP contribution >= 0.6 is 0 Å². The van der Waals surface area contributed by atoms with Gasteiger partial charge in [0.15, 0.2) is 0 Å². The van der Waals surface area contributed by atoms with Crippen LogP contribution in [0, 0.1) is 12.7 Å². The van der Waals surface area contributed by atoms with Crippen molar-refractivity contribution in [2.75, 3.05) is 11.9 Å². The Bertz CT molecular complexity index is 612. The lowest BCUT2D eigenvalue weighted by Gasteiger charge is -2.07. The zero-order valence-electron chi connectivity index (χ0n) is 11.1. The first-order valence-electron chi connectivity index (χ1n) is 6.25. The van der Waals surface area contributed by atoms with Gasteiger partial charge in [0.25, 0.3) is 0 Å². The third-order valence-electron chi connectivity index (χ3n) is 2.83. The van der Waals surface area contributed by atoms with Crippen LogP contribution in [0.2, 0.25) is 0 Å². The van der Waals surface area contributed by atoms with E-state index in [2.05, 4.69) is 10.3 Å². The maximum Gasteiger partial charge on any atom is 0.335 e. The Kier molecular flexibility index (Phi) is 4.30. The summed E-state index contributed by atoms with van der Waals surface area (Å²) in [6, 6.07) is 9.31. The van der Waals surface area contributed by atoms with Gasteiger partial charge in [0.1, 0.15) is 11.6 Å².